The molecule has 0 spiro atoms. The lowest BCUT2D eigenvalue weighted by atomic mass is 9.99. The summed E-state index contributed by atoms with van der Waals surface area (Å²) in [4.78, 5) is 29.9. The van der Waals surface area contributed by atoms with E-state index in [1.54, 1.807) is 0 Å². The van der Waals surface area contributed by atoms with Gasteiger partial charge in [-0.2, -0.15) is 0 Å². The molecule has 4 rings (SSSR count). The molecule has 2 aliphatic rings. The molecule has 0 atom stereocenters. The monoisotopic (exact) mass is 435 g/mol. The van der Waals surface area contributed by atoms with Crippen LogP contribution in [0.3, 0.4) is 0 Å². The molecule has 2 heterocycles. The third-order valence-electron chi connectivity index (χ3n) is 6.13. The summed E-state index contributed by atoms with van der Waals surface area (Å²) in [7, 11) is 0. The average Bonchev–Trinajstić information content (AvgIpc) is 2.99. The predicted molar refractivity (Wildman–Crippen MR) is 126 cm³/mol. The molecule has 168 valence electrons. The number of hydrogen-bond acceptors (Lipinski definition) is 4. The molecule has 5 nitrogen and oxygen atoms in total. The molecule has 2 aromatic carbocycles. The topological polar surface area (TPSA) is 52.7 Å². The van der Waals surface area contributed by atoms with E-state index in [1.807, 2.05) is 38.1 Å². The molecule has 0 saturated carbocycles. The molecular weight excluding hydrogens is 405 g/mol. The number of halogens is 1. The van der Waals surface area contributed by atoms with Gasteiger partial charge in [0.2, 0.25) is 0 Å². The van der Waals surface area contributed by atoms with Crippen LogP contribution in [-0.2, 0) is 9.59 Å². The van der Waals surface area contributed by atoms with Gasteiger partial charge in [0.15, 0.2) is 0 Å². The molecule has 2 amide bonds. The Hall–Kier alpha value is -3.15. The Morgan fingerprint density at radius 3 is 2.19 bits per heavy atom. The van der Waals surface area contributed by atoms with Crippen molar-refractivity contribution in [3.05, 3.63) is 65.6 Å². The van der Waals surface area contributed by atoms with Crippen molar-refractivity contribution in [1.82, 2.24) is 4.90 Å². The van der Waals surface area contributed by atoms with E-state index < -0.39 is 0 Å². The number of anilines is 2. The van der Waals surface area contributed by atoms with Crippen molar-refractivity contribution < 1.29 is 14.0 Å². The molecule has 0 aromatic heterocycles. The number of rotatable bonds is 6. The van der Waals surface area contributed by atoms with Crippen molar-refractivity contribution >= 4 is 28.8 Å². The van der Waals surface area contributed by atoms with Gasteiger partial charge in [-0.1, -0.05) is 32.9 Å². The van der Waals surface area contributed by atoms with Crippen LogP contribution in [0.15, 0.2) is 54.2 Å². The lowest BCUT2D eigenvalue weighted by Gasteiger charge is -2.32. The maximum Gasteiger partial charge on any atom is 0.278 e. The van der Waals surface area contributed by atoms with Crippen molar-refractivity contribution in [2.75, 3.05) is 29.9 Å². The Kier molecular flexibility index (Phi) is 6.31. The van der Waals surface area contributed by atoms with Gasteiger partial charge in [-0.15, -0.1) is 0 Å². The SMILES string of the molecule is CC(C)CN1C(=O)C(Nc2ccc(N3CCC(C)CC3)cc2)=C(c2ccc(F)cc2)C1=O. The number of imide groups is 1. The minimum atomic E-state index is -0.387. The summed E-state index contributed by atoms with van der Waals surface area (Å²) in [6, 6.07) is 13.6. The van der Waals surface area contributed by atoms with Crippen LogP contribution in [0.1, 0.15) is 39.2 Å². The summed E-state index contributed by atoms with van der Waals surface area (Å²) < 4.78 is 13.5. The summed E-state index contributed by atoms with van der Waals surface area (Å²) >= 11 is 0. The summed E-state index contributed by atoms with van der Waals surface area (Å²) in [6.45, 7) is 8.64. The minimum absolute atomic E-state index is 0.142. The van der Waals surface area contributed by atoms with Crippen LogP contribution in [0.5, 0.6) is 0 Å². The number of nitrogens with zero attached hydrogens (tertiary/aromatic N) is 2. The molecule has 32 heavy (non-hydrogen) atoms. The smallest absolute Gasteiger partial charge is 0.278 e. The molecular formula is C26H30FN3O2. The number of nitrogens with one attached hydrogen (secondary N) is 1. The van der Waals surface area contributed by atoms with Gasteiger partial charge in [0.25, 0.3) is 11.8 Å². The fourth-order valence-corrected chi connectivity index (χ4v) is 4.27. The molecule has 1 fully saturated rings. The molecule has 0 bridgehead atoms. The number of carbonyl (C=O) groups excluding carboxylic acids is 2. The highest BCUT2D eigenvalue weighted by Crippen LogP contribution is 2.32. The second kappa shape index (κ2) is 9.15. The van der Waals surface area contributed by atoms with Crippen molar-refractivity contribution in [3.8, 4) is 0 Å². The quantitative estimate of drug-likeness (QED) is 0.655. The number of hydrogen-bond donors (Lipinski definition) is 1. The van der Waals surface area contributed by atoms with E-state index in [9.17, 15) is 14.0 Å². The number of carbonyl (C=O) groups is 2. The molecule has 2 aromatic rings. The maximum atomic E-state index is 13.5. The molecule has 0 unspecified atom stereocenters. The van der Waals surface area contributed by atoms with Crippen LogP contribution in [0.4, 0.5) is 15.8 Å². The van der Waals surface area contributed by atoms with E-state index in [2.05, 4.69) is 17.1 Å². The number of amides is 2. The summed E-state index contributed by atoms with van der Waals surface area (Å²) in [5.74, 6) is -0.177. The van der Waals surface area contributed by atoms with Gasteiger partial charge in [0.1, 0.15) is 11.5 Å². The predicted octanol–water partition coefficient (Wildman–Crippen LogP) is 4.91. The lowest BCUT2D eigenvalue weighted by Crippen LogP contribution is -2.35. The van der Waals surface area contributed by atoms with Crippen LogP contribution >= 0.6 is 0 Å². The summed E-state index contributed by atoms with van der Waals surface area (Å²) in [5, 5.41) is 3.18. The average molecular weight is 436 g/mol. The molecule has 6 heteroatoms. The highest BCUT2D eigenvalue weighted by Gasteiger charge is 2.39. The normalized spacial score (nSPS) is 17.7. The highest BCUT2D eigenvalue weighted by atomic mass is 19.1. The van der Waals surface area contributed by atoms with E-state index >= 15 is 0 Å². The first kappa shape index (κ1) is 22.1. The zero-order valence-corrected chi connectivity index (χ0v) is 18.9. The van der Waals surface area contributed by atoms with Crippen LogP contribution < -0.4 is 10.2 Å². The zero-order chi connectivity index (χ0) is 22.8. The van der Waals surface area contributed by atoms with Crippen molar-refractivity contribution in [3.63, 3.8) is 0 Å². The fourth-order valence-electron chi connectivity index (χ4n) is 4.27. The second-order valence-corrected chi connectivity index (χ2v) is 9.21. The Balaban J connectivity index is 1.61. The van der Waals surface area contributed by atoms with E-state index in [-0.39, 0.29) is 34.8 Å². The van der Waals surface area contributed by atoms with Crippen LogP contribution in [0, 0.1) is 17.7 Å². The Labute approximate surface area is 188 Å². The van der Waals surface area contributed by atoms with Gasteiger partial charge in [-0.3, -0.25) is 14.5 Å². The Morgan fingerprint density at radius 2 is 1.59 bits per heavy atom. The number of piperidine rings is 1. The highest BCUT2D eigenvalue weighted by molar-refractivity contribution is 6.36. The largest absolute Gasteiger partial charge is 0.372 e. The minimum Gasteiger partial charge on any atom is -0.372 e. The van der Waals surface area contributed by atoms with Gasteiger partial charge >= 0.3 is 0 Å². The molecule has 0 radical (unpaired) electrons. The van der Waals surface area contributed by atoms with Crippen LogP contribution in [0.2, 0.25) is 0 Å². The van der Waals surface area contributed by atoms with E-state index in [1.165, 1.54) is 42.0 Å². The zero-order valence-electron chi connectivity index (χ0n) is 18.9. The fraction of sp³-hybridized carbons (Fsp3) is 0.385. The van der Waals surface area contributed by atoms with E-state index in [4.69, 9.17) is 0 Å². The molecule has 1 N–H and O–H groups in total. The number of benzene rings is 2. The van der Waals surface area contributed by atoms with Crippen molar-refractivity contribution in [2.45, 2.75) is 33.6 Å². The van der Waals surface area contributed by atoms with E-state index in [0.29, 0.717) is 12.1 Å². The third kappa shape index (κ3) is 4.54. The molecule has 2 aliphatic heterocycles. The maximum absolute atomic E-state index is 13.5. The molecule has 1 saturated heterocycles. The second-order valence-electron chi connectivity index (χ2n) is 9.21. The van der Waals surface area contributed by atoms with Gasteiger partial charge < -0.3 is 10.2 Å². The summed E-state index contributed by atoms with van der Waals surface area (Å²) in [5.41, 5.74) is 2.94. The van der Waals surface area contributed by atoms with Gasteiger partial charge in [0.05, 0.1) is 5.57 Å². The van der Waals surface area contributed by atoms with Gasteiger partial charge in [-0.05, 0) is 66.6 Å². The van der Waals surface area contributed by atoms with E-state index in [0.717, 1.165) is 30.4 Å². The van der Waals surface area contributed by atoms with Gasteiger partial charge in [-0.25, -0.2) is 4.39 Å². The first-order valence-corrected chi connectivity index (χ1v) is 11.3. The standard InChI is InChI=1S/C26H30FN3O2/c1-17(2)16-30-25(31)23(19-4-6-20(27)7-5-19)24(26(30)32)28-21-8-10-22(11-9-21)29-14-12-18(3)13-15-29/h4-11,17-18,28H,12-16H2,1-3H3. The summed E-state index contributed by atoms with van der Waals surface area (Å²) in [6.07, 6.45) is 2.38. The van der Waals surface area contributed by atoms with Crippen molar-refractivity contribution in [2.24, 2.45) is 11.8 Å². The first-order chi connectivity index (χ1) is 15.3. The molecule has 0 aliphatic carbocycles. The van der Waals surface area contributed by atoms with Gasteiger partial charge in [0, 0.05) is 31.0 Å². The third-order valence-corrected chi connectivity index (χ3v) is 6.13. The Bertz CT molecular complexity index is 1020. The lowest BCUT2D eigenvalue weighted by molar-refractivity contribution is -0.137. The Morgan fingerprint density at radius 1 is 0.969 bits per heavy atom. The van der Waals surface area contributed by atoms with Crippen LogP contribution in [-0.4, -0.2) is 36.3 Å². The first-order valence-electron chi connectivity index (χ1n) is 11.3. The van der Waals surface area contributed by atoms with Crippen molar-refractivity contribution in [1.29, 1.82) is 0 Å². The van der Waals surface area contributed by atoms with Crippen LogP contribution in [0.25, 0.3) is 5.57 Å².